The molecule has 1 aromatic carbocycles. The first-order valence-electron chi connectivity index (χ1n) is 7.60. The summed E-state index contributed by atoms with van der Waals surface area (Å²) in [6, 6.07) is 7.75. The number of ether oxygens (including phenoxy) is 1. The number of benzene rings is 1. The second-order valence-corrected chi connectivity index (χ2v) is 6.07. The van der Waals surface area contributed by atoms with Gasteiger partial charge in [0.05, 0.1) is 19.4 Å². The van der Waals surface area contributed by atoms with Gasteiger partial charge in [0.2, 0.25) is 5.91 Å². The molecule has 0 unspecified atom stereocenters. The van der Waals surface area contributed by atoms with E-state index in [1.165, 1.54) is 0 Å². The summed E-state index contributed by atoms with van der Waals surface area (Å²) in [6.45, 7) is 4.65. The molecular formula is C17H24N2O3. The number of amides is 1. The van der Waals surface area contributed by atoms with Gasteiger partial charge in [0.1, 0.15) is 5.75 Å². The van der Waals surface area contributed by atoms with E-state index >= 15 is 0 Å². The lowest BCUT2D eigenvalue weighted by Gasteiger charge is -2.20. The number of carbonyl (C=O) groups is 1. The van der Waals surface area contributed by atoms with Gasteiger partial charge in [0, 0.05) is 19.9 Å². The highest BCUT2D eigenvalue weighted by molar-refractivity contribution is 6.01. The SMILES string of the molecule is COc1ccc(C2=NO[C@H](CN(C)C(=O)CC(C)C)C2)cc1. The smallest absolute Gasteiger partial charge is 0.222 e. The highest BCUT2D eigenvalue weighted by atomic mass is 16.6. The zero-order chi connectivity index (χ0) is 16.1. The zero-order valence-electron chi connectivity index (χ0n) is 13.7. The molecule has 0 spiro atoms. The summed E-state index contributed by atoms with van der Waals surface area (Å²) >= 11 is 0. The Morgan fingerprint density at radius 1 is 1.41 bits per heavy atom. The van der Waals surface area contributed by atoms with Gasteiger partial charge in [0.25, 0.3) is 0 Å². The van der Waals surface area contributed by atoms with Gasteiger partial charge in [-0.25, -0.2) is 0 Å². The van der Waals surface area contributed by atoms with Gasteiger partial charge in [-0.3, -0.25) is 4.79 Å². The number of oxime groups is 1. The summed E-state index contributed by atoms with van der Waals surface area (Å²) < 4.78 is 5.15. The summed E-state index contributed by atoms with van der Waals surface area (Å²) in [4.78, 5) is 19.2. The van der Waals surface area contributed by atoms with Crippen molar-refractivity contribution < 1.29 is 14.4 Å². The number of rotatable bonds is 6. The third-order valence-electron chi connectivity index (χ3n) is 3.64. The molecule has 1 aliphatic rings. The molecular weight excluding hydrogens is 280 g/mol. The van der Waals surface area contributed by atoms with Crippen molar-refractivity contribution in [3.8, 4) is 5.75 Å². The summed E-state index contributed by atoms with van der Waals surface area (Å²) in [5.41, 5.74) is 1.94. The Labute approximate surface area is 131 Å². The Bertz CT molecular complexity index is 537. The lowest BCUT2D eigenvalue weighted by atomic mass is 10.0. The average molecular weight is 304 g/mol. The Balaban J connectivity index is 1.87. The van der Waals surface area contributed by atoms with E-state index in [2.05, 4.69) is 5.16 Å². The molecule has 0 aliphatic carbocycles. The summed E-state index contributed by atoms with van der Waals surface area (Å²) in [5.74, 6) is 1.33. The Morgan fingerprint density at radius 3 is 2.68 bits per heavy atom. The van der Waals surface area contributed by atoms with Crippen molar-refractivity contribution in [2.24, 2.45) is 11.1 Å². The minimum atomic E-state index is -0.0711. The molecule has 0 radical (unpaired) electrons. The van der Waals surface area contributed by atoms with Crippen LogP contribution in [0.1, 0.15) is 32.3 Å². The van der Waals surface area contributed by atoms with Crippen molar-refractivity contribution >= 4 is 11.6 Å². The number of methoxy groups -OCH3 is 1. The monoisotopic (exact) mass is 304 g/mol. The minimum absolute atomic E-state index is 0.0711. The predicted octanol–water partition coefficient (Wildman–Crippen LogP) is 2.69. The molecule has 22 heavy (non-hydrogen) atoms. The summed E-state index contributed by atoms with van der Waals surface area (Å²) in [7, 11) is 3.46. The average Bonchev–Trinajstić information content (AvgIpc) is 2.95. The van der Waals surface area contributed by atoms with Crippen molar-refractivity contribution in [1.82, 2.24) is 4.90 Å². The third kappa shape index (κ3) is 4.23. The van der Waals surface area contributed by atoms with E-state index < -0.39 is 0 Å². The highest BCUT2D eigenvalue weighted by Gasteiger charge is 2.25. The van der Waals surface area contributed by atoms with Gasteiger partial charge >= 0.3 is 0 Å². The molecule has 1 amide bonds. The van der Waals surface area contributed by atoms with Crippen molar-refractivity contribution in [3.05, 3.63) is 29.8 Å². The second kappa shape index (κ2) is 7.29. The second-order valence-electron chi connectivity index (χ2n) is 6.07. The van der Waals surface area contributed by atoms with Gasteiger partial charge < -0.3 is 14.5 Å². The molecule has 0 fully saturated rings. The zero-order valence-corrected chi connectivity index (χ0v) is 13.7. The van der Waals surface area contributed by atoms with Gasteiger partial charge in [-0.15, -0.1) is 0 Å². The van der Waals surface area contributed by atoms with Crippen LogP contribution in [0.4, 0.5) is 0 Å². The van der Waals surface area contributed by atoms with Crippen LogP contribution in [0.2, 0.25) is 0 Å². The molecule has 0 saturated heterocycles. The van der Waals surface area contributed by atoms with E-state index in [1.807, 2.05) is 45.2 Å². The third-order valence-corrected chi connectivity index (χ3v) is 3.64. The maximum atomic E-state index is 12.0. The topological polar surface area (TPSA) is 51.1 Å². The predicted molar refractivity (Wildman–Crippen MR) is 86.1 cm³/mol. The van der Waals surface area contributed by atoms with Crippen molar-refractivity contribution in [1.29, 1.82) is 0 Å². The minimum Gasteiger partial charge on any atom is -0.497 e. The fraction of sp³-hybridized carbons (Fsp3) is 0.529. The number of hydrogen-bond acceptors (Lipinski definition) is 4. The van der Waals surface area contributed by atoms with Crippen molar-refractivity contribution in [2.75, 3.05) is 20.7 Å². The van der Waals surface area contributed by atoms with Crippen LogP contribution in [0.15, 0.2) is 29.4 Å². The Morgan fingerprint density at radius 2 is 2.09 bits per heavy atom. The molecule has 0 bridgehead atoms. The molecule has 5 nitrogen and oxygen atoms in total. The lowest BCUT2D eigenvalue weighted by Crippen LogP contribution is -2.35. The van der Waals surface area contributed by atoms with Crippen LogP contribution >= 0.6 is 0 Å². The largest absolute Gasteiger partial charge is 0.497 e. The first kappa shape index (κ1) is 16.3. The first-order chi connectivity index (χ1) is 10.5. The van der Waals surface area contributed by atoms with E-state index in [9.17, 15) is 4.79 Å². The molecule has 1 heterocycles. The van der Waals surface area contributed by atoms with Crippen LogP contribution in [-0.4, -0.2) is 43.3 Å². The Kier molecular flexibility index (Phi) is 5.41. The van der Waals surface area contributed by atoms with Crippen LogP contribution in [-0.2, 0) is 9.63 Å². The van der Waals surface area contributed by atoms with E-state index in [-0.39, 0.29) is 12.0 Å². The number of likely N-dealkylation sites (N-methyl/N-ethyl adjacent to an activating group) is 1. The molecule has 1 aromatic rings. The normalized spacial score (nSPS) is 17.1. The van der Waals surface area contributed by atoms with E-state index in [4.69, 9.17) is 9.57 Å². The van der Waals surface area contributed by atoms with Gasteiger partial charge in [0.15, 0.2) is 6.10 Å². The number of carbonyl (C=O) groups excluding carboxylic acids is 1. The van der Waals surface area contributed by atoms with Crippen LogP contribution in [0.25, 0.3) is 0 Å². The number of hydrogen-bond donors (Lipinski definition) is 0. The van der Waals surface area contributed by atoms with Crippen LogP contribution in [0.5, 0.6) is 5.75 Å². The van der Waals surface area contributed by atoms with E-state index in [0.29, 0.717) is 25.3 Å². The van der Waals surface area contributed by atoms with Crippen molar-refractivity contribution in [3.63, 3.8) is 0 Å². The van der Waals surface area contributed by atoms with E-state index in [1.54, 1.807) is 12.0 Å². The van der Waals surface area contributed by atoms with Crippen molar-refractivity contribution in [2.45, 2.75) is 32.8 Å². The maximum absolute atomic E-state index is 12.0. The highest BCUT2D eigenvalue weighted by Crippen LogP contribution is 2.20. The fourth-order valence-electron chi connectivity index (χ4n) is 2.39. The van der Waals surface area contributed by atoms with Crippen LogP contribution < -0.4 is 4.74 Å². The summed E-state index contributed by atoms with van der Waals surface area (Å²) in [6.07, 6.45) is 1.21. The van der Waals surface area contributed by atoms with Gasteiger partial charge in [-0.05, 0) is 35.7 Å². The number of nitrogens with zero attached hydrogens (tertiary/aromatic N) is 2. The molecule has 0 N–H and O–H groups in total. The molecule has 2 rings (SSSR count). The van der Waals surface area contributed by atoms with Crippen LogP contribution in [0, 0.1) is 5.92 Å². The standard InChI is InChI=1S/C17H24N2O3/c1-12(2)9-17(20)19(3)11-15-10-16(18-22-15)13-5-7-14(21-4)8-6-13/h5-8,12,15H,9-11H2,1-4H3/t15-/m0/s1. The summed E-state index contributed by atoms with van der Waals surface area (Å²) in [5, 5.41) is 4.15. The first-order valence-corrected chi connectivity index (χ1v) is 7.60. The Hall–Kier alpha value is -2.04. The molecule has 1 aliphatic heterocycles. The molecule has 0 aromatic heterocycles. The van der Waals surface area contributed by atoms with Gasteiger partial charge in [-0.1, -0.05) is 19.0 Å². The molecule has 120 valence electrons. The molecule has 1 atom stereocenters. The van der Waals surface area contributed by atoms with E-state index in [0.717, 1.165) is 17.0 Å². The quantitative estimate of drug-likeness (QED) is 0.812. The maximum Gasteiger partial charge on any atom is 0.222 e. The van der Waals surface area contributed by atoms with Crippen LogP contribution in [0.3, 0.4) is 0 Å². The lowest BCUT2D eigenvalue weighted by molar-refractivity contribution is -0.132. The fourth-order valence-corrected chi connectivity index (χ4v) is 2.39. The molecule has 5 heteroatoms. The van der Waals surface area contributed by atoms with Gasteiger partial charge in [-0.2, -0.15) is 0 Å². The molecule has 0 saturated carbocycles.